The largest absolute Gasteiger partial charge is 0.465 e. The van der Waals surface area contributed by atoms with E-state index in [1.165, 1.54) is 0 Å². The molecule has 80 valence electrons. The topological polar surface area (TPSA) is 43.4 Å². The summed E-state index contributed by atoms with van der Waals surface area (Å²) >= 11 is 5.07. The van der Waals surface area contributed by atoms with Crippen LogP contribution in [0.25, 0.3) is 0 Å². The average Bonchev–Trinajstić information content (AvgIpc) is 2.14. The molecular weight excluding hydrogens is 204 g/mol. The van der Waals surface area contributed by atoms with Crippen molar-refractivity contribution in [2.45, 2.75) is 32.6 Å². The van der Waals surface area contributed by atoms with Gasteiger partial charge in [-0.15, -0.1) is 0 Å². The van der Waals surface area contributed by atoms with Crippen LogP contribution in [0.2, 0.25) is 0 Å². The molecule has 0 aromatic rings. The molecule has 0 aliphatic rings. The van der Waals surface area contributed by atoms with Crippen molar-refractivity contribution in [1.29, 1.82) is 0 Å². The molecule has 0 unspecified atom stereocenters. The van der Waals surface area contributed by atoms with Crippen molar-refractivity contribution in [2.75, 3.05) is 6.61 Å². The van der Waals surface area contributed by atoms with Gasteiger partial charge < -0.3 is 4.74 Å². The highest BCUT2D eigenvalue weighted by Gasteiger charge is 2.04. The summed E-state index contributed by atoms with van der Waals surface area (Å²) in [5.41, 5.74) is 0. The van der Waals surface area contributed by atoms with Gasteiger partial charge in [0.25, 0.3) is 0 Å². The van der Waals surface area contributed by atoms with Gasteiger partial charge in [-0.3, -0.25) is 9.59 Å². The molecule has 0 radical (unpaired) electrons. The van der Waals surface area contributed by atoms with E-state index in [1.807, 2.05) is 19.1 Å². The Morgan fingerprint density at radius 3 is 2.57 bits per heavy atom. The van der Waals surface area contributed by atoms with E-state index in [-0.39, 0.29) is 18.8 Å². The SMILES string of the molecule is CC/C=C/CCOC(=O)CCC(=O)Cl. The van der Waals surface area contributed by atoms with Crippen molar-refractivity contribution in [1.82, 2.24) is 0 Å². The normalized spacial score (nSPS) is 10.4. The van der Waals surface area contributed by atoms with E-state index < -0.39 is 5.24 Å². The van der Waals surface area contributed by atoms with E-state index in [9.17, 15) is 9.59 Å². The first kappa shape index (κ1) is 13.2. The molecule has 0 aromatic heterocycles. The molecule has 0 rings (SSSR count). The van der Waals surface area contributed by atoms with Gasteiger partial charge in [0.2, 0.25) is 5.24 Å². The first-order valence-electron chi connectivity index (χ1n) is 4.65. The van der Waals surface area contributed by atoms with Gasteiger partial charge >= 0.3 is 5.97 Å². The zero-order valence-electron chi connectivity index (χ0n) is 8.29. The zero-order chi connectivity index (χ0) is 10.8. The number of rotatable bonds is 7. The Labute approximate surface area is 89.1 Å². The maximum atomic E-state index is 10.9. The number of carbonyl (C=O) groups is 2. The predicted molar refractivity (Wildman–Crippen MR) is 55.1 cm³/mol. The van der Waals surface area contributed by atoms with E-state index in [4.69, 9.17) is 16.3 Å². The van der Waals surface area contributed by atoms with Crippen LogP contribution in [-0.2, 0) is 14.3 Å². The van der Waals surface area contributed by atoms with Crippen LogP contribution >= 0.6 is 11.6 Å². The van der Waals surface area contributed by atoms with Crippen LogP contribution in [0.5, 0.6) is 0 Å². The third kappa shape index (κ3) is 9.26. The fourth-order valence-electron chi connectivity index (χ4n) is 0.798. The molecule has 0 aliphatic carbocycles. The Morgan fingerprint density at radius 1 is 1.29 bits per heavy atom. The van der Waals surface area contributed by atoms with E-state index in [0.29, 0.717) is 13.0 Å². The lowest BCUT2D eigenvalue weighted by Crippen LogP contribution is -2.06. The van der Waals surface area contributed by atoms with Crippen LogP contribution < -0.4 is 0 Å². The maximum absolute atomic E-state index is 10.9. The molecule has 0 saturated heterocycles. The lowest BCUT2D eigenvalue weighted by Gasteiger charge is -2.00. The molecule has 4 heteroatoms. The number of halogens is 1. The van der Waals surface area contributed by atoms with Gasteiger partial charge in [-0.25, -0.2) is 0 Å². The average molecular weight is 219 g/mol. The molecule has 0 aliphatic heterocycles. The summed E-state index contributed by atoms with van der Waals surface area (Å²) < 4.78 is 4.84. The second kappa shape index (κ2) is 8.75. The minimum Gasteiger partial charge on any atom is -0.465 e. The van der Waals surface area contributed by atoms with Crippen LogP contribution in [0.15, 0.2) is 12.2 Å². The molecule has 0 heterocycles. The van der Waals surface area contributed by atoms with E-state index in [1.54, 1.807) is 0 Å². The van der Waals surface area contributed by atoms with Crippen molar-refractivity contribution in [3.63, 3.8) is 0 Å². The molecule has 14 heavy (non-hydrogen) atoms. The predicted octanol–water partition coefficient (Wildman–Crippen LogP) is 2.43. The number of hydrogen-bond acceptors (Lipinski definition) is 3. The molecule has 0 aromatic carbocycles. The molecule has 3 nitrogen and oxygen atoms in total. The van der Waals surface area contributed by atoms with Crippen molar-refractivity contribution in [3.8, 4) is 0 Å². The van der Waals surface area contributed by atoms with Crippen LogP contribution in [0.4, 0.5) is 0 Å². The quantitative estimate of drug-likeness (QED) is 0.285. The van der Waals surface area contributed by atoms with Gasteiger partial charge in [0.15, 0.2) is 0 Å². The number of allylic oxidation sites excluding steroid dienone is 1. The number of esters is 1. The molecule has 0 bridgehead atoms. The number of hydrogen-bond donors (Lipinski definition) is 0. The van der Waals surface area contributed by atoms with Crippen molar-refractivity contribution >= 4 is 22.8 Å². The lowest BCUT2D eigenvalue weighted by molar-refractivity contribution is -0.144. The summed E-state index contributed by atoms with van der Waals surface area (Å²) in [6, 6.07) is 0. The highest BCUT2D eigenvalue weighted by Crippen LogP contribution is 1.98. The van der Waals surface area contributed by atoms with Crippen LogP contribution in [0.1, 0.15) is 32.6 Å². The second-order valence-electron chi connectivity index (χ2n) is 2.74. The summed E-state index contributed by atoms with van der Waals surface area (Å²) in [6.07, 6.45) is 5.78. The van der Waals surface area contributed by atoms with Gasteiger partial charge in [0, 0.05) is 6.42 Å². The van der Waals surface area contributed by atoms with Crippen molar-refractivity contribution in [2.24, 2.45) is 0 Å². The molecular formula is C10H15ClO3. The van der Waals surface area contributed by atoms with Crippen LogP contribution in [0, 0.1) is 0 Å². The fraction of sp³-hybridized carbons (Fsp3) is 0.600. The third-order valence-corrected chi connectivity index (χ3v) is 1.66. The lowest BCUT2D eigenvalue weighted by atomic mass is 10.3. The Kier molecular flexibility index (Phi) is 8.24. The summed E-state index contributed by atoms with van der Waals surface area (Å²) in [4.78, 5) is 21.2. The third-order valence-electron chi connectivity index (χ3n) is 1.48. The number of carbonyl (C=O) groups excluding carboxylic acids is 2. The first-order chi connectivity index (χ1) is 6.66. The van der Waals surface area contributed by atoms with Crippen molar-refractivity contribution < 1.29 is 14.3 Å². The minimum atomic E-state index is -0.507. The molecule has 0 amide bonds. The Hall–Kier alpha value is -0.830. The smallest absolute Gasteiger partial charge is 0.306 e. The molecule has 0 atom stereocenters. The molecule has 0 fully saturated rings. The summed E-state index contributed by atoms with van der Waals surface area (Å²) in [5.74, 6) is -0.371. The molecule has 0 saturated carbocycles. The fourth-order valence-corrected chi connectivity index (χ4v) is 0.892. The Bertz CT molecular complexity index is 211. The monoisotopic (exact) mass is 218 g/mol. The van der Waals surface area contributed by atoms with Gasteiger partial charge in [-0.05, 0) is 24.4 Å². The van der Waals surface area contributed by atoms with Gasteiger partial charge in [0.1, 0.15) is 0 Å². The van der Waals surface area contributed by atoms with Crippen LogP contribution in [0.3, 0.4) is 0 Å². The highest BCUT2D eigenvalue weighted by molar-refractivity contribution is 6.63. The summed E-state index contributed by atoms with van der Waals surface area (Å²) in [7, 11) is 0. The van der Waals surface area contributed by atoms with Gasteiger partial charge in [-0.1, -0.05) is 19.1 Å². The van der Waals surface area contributed by atoms with E-state index >= 15 is 0 Å². The molecule has 0 spiro atoms. The Morgan fingerprint density at radius 2 is 2.00 bits per heavy atom. The summed E-state index contributed by atoms with van der Waals surface area (Å²) in [5, 5.41) is -0.507. The molecule has 0 N–H and O–H groups in total. The first-order valence-corrected chi connectivity index (χ1v) is 5.03. The second-order valence-corrected chi connectivity index (χ2v) is 3.17. The van der Waals surface area contributed by atoms with Crippen molar-refractivity contribution in [3.05, 3.63) is 12.2 Å². The zero-order valence-corrected chi connectivity index (χ0v) is 9.05. The summed E-state index contributed by atoms with van der Waals surface area (Å²) in [6.45, 7) is 2.40. The van der Waals surface area contributed by atoms with Crippen LogP contribution in [-0.4, -0.2) is 17.8 Å². The maximum Gasteiger partial charge on any atom is 0.306 e. The standard InChI is InChI=1S/C10H15ClO3/c1-2-3-4-5-8-14-10(13)7-6-9(11)12/h3-4H,2,5-8H2,1H3/b4-3+. The van der Waals surface area contributed by atoms with Gasteiger partial charge in [-0.2, -0.15) is 0 Å². The highest BCUT2D eigenvalue weighted by atomic mass is 35.5. The van der Waals surface area contributed by atoms with Gasteiger partial charge in [0.05, 0.1) is 13.0 Å². The van der Waals surface area contributed by atoms with E-state index in [0.717, 1.165) is 6.42 Å². The van der Waals surface area contributed by atoms with E-state index in [2.05, 4.69) is 0 Å². The minimum absolute atomic E-state index is 0.0468. The number of ether oxygens (including phenoxy) is 1. The Balaban J connectivity index is 3.35.